The number of nitrogens with zero attached hydrogens (tertiary/aromatic N) is 1. The lowest BCUT2D eigenvalue weighted by Crippen LogP contribution is -2.38. The zero-order valence-electron chi connectivity index (χ0n) is 12.6. The van der Waals surface area contributed by atoms with Gasteiger partial charge in [-0.2, -0.15) is 0 Å². The van der Waals surface area contributed by atoms with E-state index in [4.69, 9.17) is 0 Å². The van der Waals surface area contributed by atoms with Crippen LogP contribution in [-0.2, 0) is 6.54 Å². The lowest BCUT2D eigenvalue weighted by molar-refractivity contribution is 0.199. The van der Waals surface area contributed by atoms with Crippen LogP contribution in [0.2, 0.25) is 0 Å². The molecule has 102 valence electrons. The van der Waals surface area contributed by atoms with Crippen molar-refractivity contribution in [2.75, 3.05) is 26.7 Å². The molecule has 0 fully saturated rings. The largest absolute Gasteiger partial charge is 0.316 e. The molecule has 0 aromatic heterocycles. The summed E-state index contributed by atoms with van der Waals surface area (Å²) in [6.07, 6.45) is 0. The lowest BCUT2D eigenvalue weighted by Gasteiger charge is -2.30. The van der Waals surface area contributed by atoms with Gasteiger partial charge in [-0.1, -0.05) is 50.6 Å². The molecular formula is C16H28N2. The first kappa shape index (κ1) is 15.2. The van der Waals surface area contributed by atoms with Gasteiger partial charge in [0, 0.05) is 19.6 Å². The SMILES string of the molecule is CCNCC(C)(C)CN(C)Cc1ccc(C)cc1. The van der Waals surface area contributed by atoms with Crippen LogP contribution in [0.4, 0.5) is 0 Å². The van der Waals surface area contributed by atoms with E-state index in [-0.39, 0.29) is 0 Å². The first-order valence-corrected chi connectivity index (χ1v) is 6.88. The molecular weight excluding hydrogens is 220 g/mol. The maximum absolute atomic E-state index is 3.44. The summed E-state index contributed by atoms with van der Waals surface area (Å²) in [6.45, 7) is 13.2. The topological polar surface area (TPSA) is 15.3 Å². The van der Waals surface area contributed by atoms with E-state index >= 15 is 0 Å². The Labute approximate surface area is 112 Å². The van der Waals surface area contributed by atoms with Gasteiger partial charge in [-0.25, -0.2) is 0 Å². The van der Waals surface area contributed by atoms with Crippen LogP contribution in [0.15, 0.2) is 24.3 Å². The molecule has 0 heterocycles. The third-order valence-corrected chi connectivity index (χ3v) is 3.12. The van der Waals surface area contributed by atoms with E-state index < -0.39 is 0 Å². The first-order valence-electron chi connectivity index (χ1n) is 6.88. The summed E-state index contributed by atoms with van der Waals surface area (Å²) < 4.78 is 0. The highest BCUT2D eigenvalue weighted by atomic mass is 15.1. The van der Waals surface area contributed by atoms with Crippen molar-refractivity contribution in [2.24, 2.45) is 5.41 Å². The predicted molar refractivity (Wildman–Crippen MR) is 79.8 cm³/mol. The van der Waals surface area contributed by atoms with Crippen LogP contribution in [0.25, 0.3) is 0 Å². The van der Waals surface area contributed by atoms with Crippen molar-refractivity contribution in [1.29, 1.82) is 0 Å². The quantitative estimate of drug-likeness (QED) is 0.798. The number of hydrogen-bond acceptors (Lipinski definition) is 2. The number of rotatable bonds is 7. The highest BCUT2D eigenvalue weighted by molar-refractivity contribution is 5.21. The fourth-order valence-electron chi connectivity index (χ4n) is 2.31. The molecule has 1 rings (SSSR count). The summed E-state index contributed by atoms with van der Waals surface area (Å²) in [4.78, 5) is 2.40. The second-order valence-electron chi connectivity index (χ2n) is 6.10. The Morgan fingerprint density at radius 3 is 2.33 bits per heavy atom. The van der Waals surface area contributed by atoms with Gasteiger partial charge in [0.1, 0.15) is 0 Å². The molecule has 18 heavy (non-hydrogen) atoms. The highest BCUT2D eigenvalue weighted by Gasteiger charge is 2.19. The second kappa shape index (κ2) is 6.91. The van der Waals surface area contributed by atoms with Crippen LogP contribution in [0.3, 0.4) is 0 Å². The summed E-state index contributed by atoms with van der Waals surface area (Å²) in [6, 6.07) is 8.83. The molecule has 0 aliphatic carbocycles. The average Bonchev–Trinajstić information content (AvgIpc) is 2.29. The van der Waals surface area contributed by atoms with Gasteiger partial charge < -0.3 is 10.2 Å². The molecule has 0 amide bonds. The smallest absolute Gasteiger partial charge is 0.0230 e. The molecule has 0 bridgehead atoms. The number of hydrogen-bond donors (Lipinski definition) is 1. The van der Waals surface area contributed by atoms with E-state index in [1.807, 2.05) is 0 Å². The fraction of sp³-hybridized carbons (Fsp3) is 0.625. The zero-order chi connectivity index (χ0) is 13.6. The maximum Gasteiger partial charge on any atom is 0.0230 e. The molecule has 0 aliphatic heterocycles. The third-order valence-electron chi connectivity index (χ3n) is 3.12. The van der Waals surface area contributed by atoms with Crippen molar-refractivity contribution in [1.82, 2.24) is 10.2 Å². The molecule has 1 N–H and O–H groups in total. The van der Waals surface area contributed by atoms with E-state index in [0.29, 0.717) is 5.41 Å². The summed E-state index contributed by atoms with van der Waals surface area (Å²) in [5.74, 6) is 0. The summed E-state index contributed by atoms with van der Waals surface area (Å²) in [5.41, 5.74) is 3.03. The van der Waals surface area contributed by atoms with Gasteiger partial charge in [0.05, 0.1) is 0 Å². The van der Waals surface area contributed by atoms with E-state index in [1.54, 1.807) is 0 Å². The van der Waals surface area contributed by atoms with Gasteiger partial charge in [0.15, 0.2) is 0 Å². The van der Waals surface area contributed by atoms with Crippen LogP contribution in [0.1, 0.15) is 31.9 Å². The molecule has 0 aliphatic rings. The maximum atomic E-state index is 3.44. The molecule has 0 radical (unpaired) electrons. The molecule has 0 atom stereocenters. The van der Waals surface area contributed by atoms with E-state index in [0.717, 1.165) is 26.2 Å². The van der Waals surface area contributed by atoms with Crippen LogP contribution in [-0.4, -0.2) is 31.6 Å². The van der Waals surface area contributed by atoms with Gasteiger partial charge in [-0.15, -0.1) is 0 Å². The highest BCUT2D eigenvalue weighted by Crippen LogP contribution is 2.16. The zero-order valence-corrected chi connectivity index (χ0v) is 12.6. The minimum atomic E-state index is 0.315. The number of aryl methyl sites for hydroxylation is 1. The van der Waals surface area contributed by atoms with Gasteiger partial charge in [-0.05, 0) is 31.5 Å². The molecule has 0 spiro atoms. The van der Waals surface area contributed by atoms with Crippen LogP contribution in [0.5, 0.6) is 0 Å². The van der Waals surface area contributed by atoms with Gasteiger partial charge in [-0.3, -0.25) is 0 Å². The van der Waals surface area contributed by atoms with Gasteiger partial charge in [0.2, 0.25) is 0 Å². The predicted octanol–water partition coefficient (Wildman–Crippen LogP) is 3.06. The Kier molecular flexibility index (Phi) is 5.83. The standard InChI is InChI=1S/C16H28N2/c1-6-17-12-16(3,4)13-18(5)11-15-9-7-14(2)8-10-15/h7-10,17H,6,11-13H2,1-5H3. The Morgan fingerprint density at radius 1 is 1.17 bits per heavy atom. The molecule has 2 heteroatoms. The minimum absolute atomic E-state index is 0.315. The Morgan fingerprint density at radius 2 is 1.78 bits per heavy atom. The first-order chi connectivity index (χ1) is 8.43. The van der Waals surface area contributed by atoms with Crippen molar-refractivity contribution in [3.63, 3.8) is 0 Å². The number of benzene rings is 1. The minimum Gasteiger partial charge on any atom is -0.316 e. The van der Waals surface area contributed by atoms with Gasteiger partial charge >= 0.3 is 0 Å². The molecule has 0 saturated heterocycles. The number of nitrogens with one attached hydrogen (secondary N) is 1. The van der Waals surface area contributed by atoms with E-state index in [1.165, 1.54) is 11.1 Å². The lowest BCUT2D eigenvalue weighted by atomic mass is 9.92. The van der Waals surface area contributed by atoms with Gasteiger partial charge in [0.25, 0.3) is 0 Å². The average molecular weight is 248 g/mol. The Hall–Kier alpha value is -0.860. The molecule has 1 aromatic carbocycles. The Balaban J connectivity index is 2.45. The third kappa shape index (κ3) is 5.65. The molecule has 0 saturated carbocycles. The summed E-state index contributed by atoms with van der Waals surface area (Å²) in [5, 5.41) is 3.44. The monoisotopic (exact) mass is 248 g/mol. The van der Waals surface area contributed by atoms with E-state index in [2.05, 4.69) is 69.2 Å². The van der Waals surface area contributed by atoms with E-state index in [9.17, 15) is 0 Å². The molecule has 1 aromatic rings. The van der Waals surface area contributed by atoms with Crippen LogP contribution < -0.4 is 5.32 Å². The van der Waals surface area contributed by atoms with Crippen molar-refractivity contribution in [3.05, 3.63) is 35.4 Å². The van der Waals surface area contributed by atoms with Crippen molar-refractivity contribution in [2.45, 2.75) is 34.2 Å². The van der Waals surface area contributed by atoms with Crippen molar-refractivity contribution >= 4 is 0 Å². The summed E-state index contributed by atoms with van der Waals surface area (Å²) in [7, 11) is 2.20. The van der Waals surface area contributed by atoms with Crippen molar-refractivity contribution in [3.8, 4) is 0 Å². The Bertz CT molecular complexity index is 341. The second-order valence-corrected chi connectivity index (χ2v) is 6.10. The molecule has 2 nitrogen and oxygen atoms in total. The van der Waals surface area contributed by atoms with Crippen LogP contribution >= 0.6 is 0 Å². The summed E-state index contributed by atoms with van der Waals surface area (Å²) >= 11 is 0. The normalized spacial score (nSPS) is 12.1. The van der Waals surface area contributed by atoms with Crippen molar-refractivity contribution < 1.29 is 0 Å². The molecule has 0 unspecified atom stereocenters. The van der Waals surface area contributed by atoms with Crippen LogP contribution in [0, 0.1) is 12.3 Å². The fourth-order valence-corrected chi connectivity index (χ4v) is 2.31.